The van der Waals surface area contributed by atoms with Gasteiger partial charge in [-0.25, -0.2) is 0 Å². The molecule has 1 rings (SSSR count). The van der Waals surface area contributed by atoms with Crippen LogP contribution in [0, 0.1) is 0 Å². The van der Waals surface area contributed by atoms with Gasteiger partial charge in [-0.2, -0.15) is 0 Å². The molecule has 0 saturated heterocycles. The summed E-state index contributed by atoms with van der Waals surface area (Å²) in [6, 6.07) is 8.57. The molecule has 0 aliphatic carbocycles. The molecule has 4 heteroatoms. The zero-order valence-corrected chi connectivity index (χ0v) is 10.5. The molecule has 1 unspecified atom stereocenters. The van der Waals surface area contributed by atoms with E-state index in [0.29, 0.717) is 6.42 Å². The molecule has 4 N–H and O–H groups in total. The predicted molar refractivity (Wildman–Crippen MR) is 70.1 cm³/mol. The lowest BCUT2D eigenvalue weighted by molar-refractivity contribution is 0.316. The van der Waals surface area contributed by atoms with Gasteiger partial charge in [0.05, 0.1) is 0 Å². The highest BCUT2D eigenvalue weighted by Crippen LogP contribution is 2.09. The molecule has 0 fully saturated rings. The van der Waals surface area contributed by atoms with Gasteiger partial charge >= 0.3 is 0 Å². The zero-order valence-electron chi connectivity index (χ0n) is 10.5. The van der Waals surface area contributed by atoms with Crippen molar-refractivity contribution < 1.29 is 5.21 Å². The quantitative estimate of drug-likeness (QED) is 0.305. The second kappa shape index (κ2) is 6.91. The number of rotatable bonds is 6. The predicted octanol–water partition coefficient (Wildman–Crippen LogP) is 1.86. The second-order valence-electron chi connectivity index (χ2n) is 4.20. The third kappa shape index (κ3) is 4.44. The molecule has 1 atom stereocenters. The van der Waals surface area contributed by atoms with Crippen molar-refractivity contribution in [3.63, 3.8) is 0 Å². The smallest absolute Gasteiger partial charge is 0.140 e. The summed E-state index contributed by atoms with van der Waals surface area (Å²) in [6.07, 6.45) is 1.58. The molecule has 0 saturated carbocycles. The molecule has 1 aromatic carbocycles. The van der Waals surface area contributed by atoms with Gasteiger partial charge in [0.1, 0.15) is 5.84 Å². The first-order valence-electron chi connectivity index (χ1n) is 5.94. The number of hydrogen-bond acceptors (Lipinski definition) is 3. The maximum Gasteiger partial charge on any atom is 0.140 e. The first-order valence-corrected chi connectivity index (χ1v) is 5.94. The van der Waals surface area contributed by atoms with Crippen LogP contribution in [0.3, 0.4) is 0 Å². The van der Waals surface area contributed by atoms with Crippen molar-refractivity contribution in [2.24, 2.45) is 10.9 Å². The number of hydrogen-bond donors (Lipinski definition) is 3. The number of nitrogens with two attached hydrogens (primary N) is 1. The largest absolute Gasteiger partial charge is 0.409 e. The number of nitrogens with zero attached hydrogens (tertiary/aromatic N) is 1. The fourth-order valence-electron chi connectivity index (χ4n) is 1.79. The van der Waals surface area contributed by atoms with E-state index in [9.17, 15) is 0 Å². The molecule has 0 aromatic heterocycles. The van der Waals surface area contributed by atoms with Gasteiger partial charge in [-0.15, -0.1) is 0 Å². The Bertz CT molecular complexity index is 377. The summed E-state index contributed by atoms with van der Waals surface area (Å²) in [5.74, 6) is 0.258. The molecule has 0 spiro atoms. The number of nitrogens with one attached hydrogen (secondary N) is 1. The third-order valence-corrected chi connectivity index (χ3v) is 2.78. The van der Waals surface area contributed by atoms with E-state index in [-0.39, 0.29) is 11.9 Å². The Hall–Kier alpha value is -1.55. The van der Waals surface area contributed by atoms with Crippen molar-refractivity contribution >= 4 is 5.84 Å². The van der Waals surface area contributed by atoms with Crippen LogP contribution in [-0.4, -0.2) is 17.1 Å². The number of aryl methyl sites for hydroxylation is 1. The minimum Gasteiger partial charge on any atom is -0.409 e. The number of benzene rings is 1. The van der Waals surface area contributed by atoms with Crippen LogP contribution in [0.4, 0.5) is 0 Å². The van der Waals surface area contributed by atoms with Gasteiger partial charge in [0.2, 0.25) is 0 Å². The van der Waals surface area contributed by atoms with Crippen LogP contribution in [0.25, 0.3) is 0 Å². The average Bonchev–Trinajstić information content (AvgIpc) is 2.36. The maximum atomic E-state index is 8.49. The summed E-state index contributed by atoms with van der Waals surface area (Å²) in [6.45, 7) is 4.98. The van der Waals surface area contributed by atoms with E-state index in [0.717, 1.165) is 13.0 Å². The first-order chi connectivity index (χ1) is 8.17. The van der Waals surface area contributed by atoms with Crippen LogP contribution in [0.2, 0.25) is 0 Å². The van der Waals surface area contributed by atoms with E-state index < -0.39 is 0 Å². The monoisotopic (exact) mass is 235 g/mol. The lowest BCUT2D eigenvalue weighted by Crippen LogP contribution is -2.31. The minimum atomic E-state index is 0.191. The van der Waals surface area contributed by atoms with Crippen LogP contribution in [0.5, 0.6) is 0 Å². The Morgan fingerprint density at radius 3 is 2.65 bits per heavy atom. The van der Waals surface area contributed by atoms with Crippen LogP contribution in [0.1, 0.15) is 31.4 Å². The fourth-order valence-corrected chi connectivity index (χ4v) is 1.79. The highest BCUT2D eigenvalue weighted by molar-refractivity contribution is 5.80. The van der Waals surface area contributed by atoms with Crippen molar-refractivity contribution in [2.45, 2.75) is 39.3 Å². The van der Waals surface area contributed by atoms with Crippen molar-refractivity contribution in [2.75, 3.05) is 0 Å². The Morgan fingerprint density at radius 1 is 1.41 bits per heavy atom. The summed E-state index contributed by atoms with van der Waals surface area (Å²) in [4.78, 5) is 0. The highest BCUT2D eigenvalue weighted by Gasteiger charge is 2.06. The molecule has 0 aliphatic rings. The van der Waals surface area contributed by atoms with Gasteiger partial charge in [-0.05, 0) is 24.5 Å². The zero-order chi connectivity index (χ0) is 12.7. The van der Waals surface area contributed by atoms with Crippen LogP contribution in [0.15, 0.2) is 29.4 Å². The Morgan fingerprint density at radius 2 is 2.06 bits per heavy atom. The van der Waals surface area contributed by atoms with E-state index in [1.165, 1.54) is 11.1 Å². The maximum absolute atomic E-state index is 8.49. The van der Waals surface area contributed by atoms with Gasteiger partial charge in [0.25, 0.3) is 0 Å². The van der Waals surface area contributed by atoms with E-state index in [2.05, 4.69) is 35.6 Å². The molecule has 94 valence electrons. The lowest BCUT2D eigenvalue weighted by atomic mass is 10.0. The molecule has 0 radical (unpaired) electrons. The van der Waals surface area contributed by atoms with Gasteiger partial charge in [0.15, 0.2) is 0 Å². The standard InChI is InChI=1S/C13H21N3O/c1-3-11-6-4-5-7-12(11)9-15-10(2)8-13(14)16-17/h4-7,10,15,17H,3,8-9H2,1-2H3,(H2,14,16). The second-order valence-corrected chi connectivity index (χ2v) is 4.20. The summed E-state index contributed by atoms with van der Waals surface area (Å²) < 4.78 is 0. The van der Waals surface area contributed by atoms with Gasteiger partial charge in [0, 0.05) is 19.0 Å². The molecule has 0 heterocycles. The van der Waals surface area contributed by atoms with Crippen LogP contribution < -0.4 is 11.1 Å². The third-order valence-electron chi connectivity index (χ3n) is 2.78. The molecule has 4 nitrogen and oxygen atoms in total. The topological polar surface area (TPSA) is 70.6 Å². The van der Waals surface area contributed by atoms with E-state index in [4.69, 9.17) is 10.9 Å². The Balaban J connectivity index is 2.49. The van der Waals surface area contributed by atoms with E-state index >= 15 is 0 Å². The van der Waals surface area contributed by atoms with Crippen LogP contribution >= 0.6 is 0 Å². The SMILES string of the molecule is CCc1ccccc1CNC(C)CC(N)=NO. The van der Waals surface area contributed by atoms with Crippen LogP contribution in [-0.2, 0) is 13.0 Å². The molecule has 17 heavy (non-hydrogen) atoms. The first kappa shape index (κ1) is 13.5. The van der Waals surface area contributed by atoms with Crippen molar-refractivity contribution in [1.29, 1.82) is 0 Å². The highest BCUT2D eigenvalue weighted by atomic mass is 16.4. The fraction of sp³-hybridized carbons (Fsp3) is 0.462. The Labute approximate surface area is 103 Å². The summed E-state index contributed by atoms with van der Waals surface area (Å²) >= 11 is 0. The summed E-state index contributed by atoms with van der Waals surface area (Å²) in [5, 5.41) is 14.8. The molecule has 0 amide bonds. The minimum absolute atomic E-state index is 0.191. The van der Waals surface area contributed by atoms with Gasteiger partial charge in [-0.3, -0.25) is 0 Å². The summed E-state index contributed by atoms with van der Waals surface area (Å²) in [7, 11) is 0. The average molecular weight is 235 g/mol. The normalized spacial score (nSPS) is 13.6. The molecular weight excluding hydrogens is 214 g/mol. The van der Waals surface area contributed by atoms with Gasteiger partial charge < -0.3 is 16.3 Å². The molecule has 0 bridgehead atoms. The van der Waals surface area contributed by atoms with Gasteiger partial charge in [-0.1, -0.05) is 36.3 Å². The lowest BCUT2D eigenvalue weighted by Gasteiger charge is -2.14. The van der Waals surface area contributed by atoms with Crippen molar-refractivity contribution in [1.82, 2.24) is 5.32 Å². The summed E-state index contributed by atoms with van der Waals surface area (Å²) in [5.41, 5.74) is 8.12. The van der Waals surface area contributed by atoms with Crippen molar-refractivity contribution in [3.05, 3.63) is 35.4 Å². The molecule has 0 aliphatic heterocycles. The van der Waals surface area contributed by atoms with E-state index in [1.807, 2.05) is 13.0 Å². The number of amidine groups is 1. The van der Waals surface area contributed by atoms with Crippen molar-refractivity contribution in [3.8, 4) is 0 Å². The van der Waals surface area contributed by atoms with E-state index in [1.54, 1.807) is 0 Å². The molecular formula is C13H21N3O. The number of oxime groups is 1. The molecule has 1 aromatic rings. The Kier molecular flexibility index (Phi) is 5.49.